The van der Waals surface area contributed by atoms with E-state index >= 15 is 0 Å². The molecule has 30 heavy (non-hydrogen) atoms. The Bertz CT molecular complexity index is 1140. The fourth-order valence-electron chi connectivity index (χ4n) is 3.99. The lowest BCUT2D eigenvalue weighted by atomic mass is 10.0. The highest BCUT2D eigenvalue weighted by Gasteiger charge is 2.18. The molecule has 0 radical (unpaired) electrons. The van der Waals surface area contributed by atoms with Crippen LogP contribution in [-0.4, -0.2) is 15.6 Å². The van der Waals surface area contributed by atoms with Gasteiger partial charge in [0, 0.05) is 23.4 Å². The average molecular weight is 396 g/mol. The van der Waals surface area contributed by atoms with Crippen molar-refractivity contribution < 1.29 is 9.90 Å². The van der Waals surface area contributed by atoms with Crippen molar-refractivity contribution in [3.63, 3.8) is 0 Å². The summed E-state index contributed by atoms with van der Waals surface area (Å²) in [7, 11) is 0. The molecule has 0 aliphatic heterocycles. The normalized spacial score (nSPS) is 10.8. The number of benzene rings is 3. The number of aromatic nitrogens is 1. The Kier molecular flexibility index (Phi) is 5.80. The standard InChI is InChI=1S/C27H25NO2/c1-2-25-24(21-11-5-3-6-12-21)19-26(22-13-7-4-8-14-22)28(25)23-15-9-10-20(18-23)16-17-27(29)30/h3-15,18-19H,2,16-17H2,1H3,(H,29,30). The minimum absolute atomic E-state index is 0.135. The predicted molar refractivity (Wildman–Crippen MR) is 122 cm³/mol. The Morgan fingerprint density at radius 2 is 1.50 bits per heavy atom. The molecule has 0 saturated carbocycles. The summed E-state index contributed by atoms with van der Waals surface area (Å²) in [5.74, 6) is -0.771. The third-order valence-electron chi connectivity index (χ3n) is 5.39. The number of carbonyl (C=O) groups is 1. The van der Waals surface area contributed by atoms with E-state index < -0.39 is 5.97 Å². The molecule has 0 bridgehead atoms. The van der Waals surface area contributed by atoms with Crippen molar-refractivity contribution in [3.05, 3.63) is 102 Å². The van der Waals surface area contributed by atoms with Gasteiger partial charge >= 0.3 is 5.97 Å². The Morgan fingerprint density at radius 1 is 0.833 bits per heavy atom. The van der Waals surface area contributed by atoms with Crippen LogP contribution in [0.15, 0.2) is 91.0 Å². The van der Waals surface area contributed by atoms with Crippen LogP contribution in [0.4, 0.5) is 0 Å². The first kappa shape index (κ1) is 19.7. The highest BCUT2D eigenvalue weighted by atomic mass is 16.4. The quantitative estimate of drug-likeness (QED) is 0.394. The van der Waals surface area contributed by atoms with Crippen LogP contribution in [0.2, 0.25) is 0 Å². The van der Waals surface area contributed by atoms with Crippen molar-refractivity contribution in [3.8, 4) is 28.1 Å². The third-order valence-corrected chi connectivity index (χ3v) is 5.39. The zero-order valence-corrected chi connectivity index (χ0v) is 17.1. The number of carboxylic acids is 1. The molecule has 0 atom stereocenters. The minimum Gasteiger partial charge on any atom is -0.481 e. The summed E-state index contributed by atoms with van der Waals surface area (Å²) >= 11 is 0. The molecule has 0 saturated heterocycles. The van der Waals surface area contributed by atoms with E-state index in [1.807, 2.05) is 24.3 Å². The van der Waals surface area contributed by atoms with E-state index in [1.54, 1.807) is 0 Å². The van der Waals surface area contributed by atoms with Crippen molar-refractivity contribution >= 4 is 5.97 Å². The van der Waals surface area contributed by atoms with Crippen LogP contribution in [0.5, 0.6) is 0 Å². The molecule has 0 aliphatic rings. The smallest absolute Gasteiger partial charge is 0.303 e. The van der Waals surface area contributed by atoms with Gasteiger partial charge in [0.2, 0.25) is 0 Å². The Balaban J connectivity index is 1.91. The first-order chi connectivity index (χ1) is 14.7. The predicted octanol–water partition coefficient (Wildman–Crippen LogP) is 6.39. The summed E-state index contributed by atoms with van der Waals surface area (Å²) in [5, 5.41) is 9.06. The fourth-order valence-corrected chi connectivity index (χ4v) is 3.99. The highest BCUT2D eigenvalue weighted by Crippen LogP contribution is 2.36. The van der Waals surface area contributed by atoms with Gasteiger partial charge in [-0.3, -0.25) is 4.79 Å². The molecule has 150 valence electrons. The van der Waals surface area contributed by atoms with Crippen LogP contribution >= 0.6 is 0 Å². The molecule has 3 heteroatoms. The first-order valence-electron chi connectivity index (χ1n) is 10.3. The molecule has 1 heterocycles. The number of aryl methyl sites for hydroxylation is 1. The van der Waals surface area contributed by atoms with Crippen LogP contribution in [0, 0.1) is 0 Å². The zero-order valence-electron chi connectivity index (χ0n) is 17.1. The summed E-state index contributed by atoms with van der Waals surface area (Å²) in [6.07, 6.45) is 1.55. The SMILES string of the molecule is CCc1c(-c2ccccc2)cc(-c2ccccc2)n1-c1cccc(CCC(=O)O)c1. The molecule has 0 aliphatic carbocycles. The molecule has 0 spiro atoms. The monoisotopic (exact) mass is 395 g/mol. The van der Waals surface area contributed by atoms with Crippen LogP contribution in [-0.2, 0) is 17.6 Å². The van der Waals surface area contributed by atoms with Crippen molar-refractivity contribution in [2.24, 2.45) is 0 Å². The van der Waals surface area contributed by atoms with E-state index in [4.69, 9.17) is 5.11 Å². The summed E-state index contributed by atoms with van der Waals surface area (Å²) < 4.78 is 2.32. The lowest BCUT2D eigenvalue weighted by Crippen LogP contribution is -2.04. The Labute approximate surface area is 177 Å². The van der Waals surface area contributed by atoms with Gasteiger partial charge in [-0.2, -0.15) is 0 Å². The second kappa shape index (κ2) is 8.83. The zero-order chi connectivity index (χ0) is 20.9. The number of carboxylic acid groups (broad SMARTS) is 1. The van der Waals surface area contributed by atoms with Gasteiger partial charge in [0.25, 0.3) is 0 Å². The molecular formula is C27H25NO2. The number of rotatable bonds is 7. The van der Waals surface area contributed by atoms with Crippen molar-refractivity contribution in [1.82, 2.24) is 4.57 Å². The lowest BCUT2D eigenvalue weighted by Gasteiger charge is -2.15. The molecule has 1 N–H and O–H groups in total. The van der Waals surface area contributed by atoms with E-state index in [-0.39, 0.29) is 6.42 Å². The second-order valence-electron chi connectivity index (χ2n) is 7.37. The summed E-state index contributed by atoms with van der Waals surface area (Å²) in [6.45, 7) is 2.18. The summed E-state index contributed by atoms with van der Waals surface area (Å²) in [4.78, 5) is 11.0. The van der Waals surface area contributed by atoms with Gasteiger partial charge in [0.15, 0.2) is 0 Å². The number of aliphatic carboxylic acids is 1. The van der Waals surface area contributed by atoms with E-state index in [0.29, 0.717) is 6.42 Å². The van der Waals surface area contributed by atoms with Gasteiger partial charge in [0.1, 0.15) is 0 Å². The van der Waals surface area contributed by atoms with Crippen LogP contribution < -0.4 is 0 Å². The highest BCUT2D eigenvalue weighted by molar-refractivity contribution is 5.77. The number of hydrogen-bond donors (Lipinski definition) is 1. The van der Waals surface area contributed by atoms with Gasteiger partial charge in [-0.05, 0) is 47.7 Å². The van der Waals surface area contributed by atoms with E-state index in [0.717, 1.165) is 28.9 Å². The van der Waals surface area contributed by atoms with E-state index in [9.17, 15) is 4.79 Å². The van der Waals surface area contributed by atoms with E-state index in [2.05, 4.69) is 78.2 Å². The molecule has 4 aromatic rings. The van der Waals surface area contributed by atoms with Crippen molar-refractivity contribution in [2.75, 3.05) is 0 Å². The first-order valence-corrected chi connectivity index (χ1v) is 10.3. The topological polar surface area (TPSA) is 42.2 Å². The maximum Gasteiger partial charge on any atom is 0.303 e. The van der Waals surface area contributed by atoms with E-state index in [1.165, 1.54) is 16.8 Å². The molecule has 3 aromatic carbocycles. The Morgan fingerprint density at radius 3 is 2.13 bits per heavy atom. The fraction of sp³-hybridized carbons (Fsp3) is 0.148. The lowest BCUT2D eigenvalue weighted by molar-refractivity contribution is -0.136. The van der Waals surface area contributed by atoms with Gasteiger partial charge in [-0.25, -0.2) is 0 Å². The van der Waals surface area contributed by atoms with Crippen molar-refractivity contribution in [2.45, 2.75) is 26.2 Å². The average Bonchev–Trinajstić information content (AvgIpc) is 3.19. The molecule has 0 fully saturated rings. The van der Waals surface area contributed by atoms with Crippen LogP contribution in [0.1, 0.15) is 24.6 Å². The van der Waals surface area contributed by atoms with Crippen LogP contribution in [0.3, 0.4) is 0 Å². The molecule has 3 nitrogen and oxygen atoms in total. The van der Waals surface area contributed by atoms with Gasteiger partial charge in [-0.1, -0.05) is 79.7 Å². The van der Waals surface area contributed by atoms with Crippen LogP contribution in [0.25, 0.3) is 28.1 Å². The van der Waals surface area contributed by atoms with Gasteiger partial charge in [0.05, 0.1) is 5.69 Å². The maximum absolute atomic E-state index is 11.0. The summed E-state index contributed by atoms with van der Waals surface area (Å²) in [5.41, 5.74) is 8.07. The molecular weight excluding hydrogens is 370 g/mol. The molecule has 4 rings (SSSR count). The molecule has 0 unspecified atom stereocenters. The molecule has 1 aromatic heterocycles. The third kappa shape index (κ3) is 4.06. The number of nitrogens with zero attached hydrogens (tertiary/aromatic N) is 1. The minimum atomic E-state index is -0.771. The van der Waals surface area contributed by atoms with Gasteiger partial charge in [-0.15, -0.1) is 0 Å². The van der Waals surface area contributed by atoms with Crippen molar-refractivity contribution in [1.29, 1.82) is 0 Å². The Hall–Kier alpha value is -3.59. The second-order valence-corrected chi connectivity index (χ2v) is 7.37. The molecule has 0 amide bonds. The largest absolute Gasteiger partial charge is 0.481 e. The number of hydrogen-bond acceptors (Lipinski definition) is 1. The van der Waals surface area contributed by atoms with Gasteiger partial charge < -0.3 is 9.67 Å². The summed E-state index contributed by atoms with van der Waals surface area (Å²) in [6, 6.07) is 31.4. The maximum atomic E-state index is 11.0.